The van der Waals surface area contributed by atoms with E-state index >= 15 is 0 Å². The minimum atomic E-state index is -0.619. The number of nitrogens with two attached hydrogens (primary N) is 1. The number of carbonyl (C=O) groups is 1. The smallest absolute Gasteiger partial charge is 0.248 e. The lowest BCUT2D eigenvalue weighted by Crippen LogP contribution is -2.45. The third-order valence-corrected chi connectivity index (χ3v) is 7.03. The Morgan fingerprint density at radius 2 is 1.59 bits per heavy atom. The van der Waals surface area contributed by atoms with Crippen LogP contribution in [0.5, 0.6) is 5.75 Å². The molecule has 4 aromatic carbocycles. The van der Waals surface area contributed by atoms with Crippen LogP contribution < -0.4 is 5.73 Å². The molecule has 1 fully saturated rings. The highest BCUT2D eigenvalue weighted by Gasteiger charge is 2.18. The SMILES string of the molecule is N#Cc1cc(C(N)=O)ccc1O.N=Cc1cccc2c(CN3CCN(Cc4ccc(Cl)cc4)CC3)cccc12. The molecule has 0 bridgehead atoms. The number of carbonyl (C=O) groups excluding carboxylic acids is 1. The van der Waals surface area contributed by atoms with Crippen LogP contribution in [0.3, 0.4) is 0 Å². The van der Waals surface area contributed by atoms with E-state index in [1.165, 1.54) is 46.3 Å². The molecule has 0 spiro atoms. The van der Waals surface area contributed by atoms with Crippen molar-refractivity contribution in [3.63, 3.8) is 0 Å². The Bertz CT molecular complexity index is 1510. The maximum atomic E-state index is 10.6. The summed E-state index contributed by atoms with van der Waals surface area (Å²) in [5.74, 6) is -0.769. The molecule has 1 aliphatic rings. The molecule has 1 saturated heterocycles. The van der Waals surface area contributed by atoms with Gasteiger partial charge in [-0.05, 0) is 57.8 Å². The van der Waals surface area contributed by atoms with E-state index in [0.29, 0.717) is 0 Å². The fourth-order valence-corrected chi connectivity index (χ4v) is 4.76. The van der Waals surface area contributed by atoms with Crippen LogP contribution in [0.1, 0.15) is 32.6 Å². The second kappa shape index (κ2) is 13.0. The van der Waals surface area contributed by atoms with Crippen LogP contribution in [0.4, 0.5) is 0 Å². The molecule has 39 heavy (non-hydrogen) atoms. The molecular weight excluding hydrogens is 510 g/mol. The van der Waals surface area contributed by atoms with Gasteiger partial charge in [0.25, 0.3) is 0 Å². The van der Waals surface area contributed by atoms with Crippen molar-refractivity contribution >= 4 is 34.5 Å². The maximum Gasteiger partial charge on any atom is 0.248 e. The predicted molar refractivity (Wildman–Crippen MR) is 155 cm³/mol. The average molecular weight is 540 g/mol. The maximum absolute atomic E-state index is 10.6. The highest BCUT2D eigenvalue weighted by atomic mass is 35.5. The molecule has 0 aromatic heterocycles. The number of nitriles is 1. The van der Waals surface area contributed by atoms with Crippen LogP contribution in [0, 0.1) is 16.7 Å². The molecule has 1 amide bonds. The predicted octanol–water partition coefficient (Wildman–Crippen LogP) is 5.17. The van der Waals surface area contributed by atoms with Gasteiger partial charge in [0.1, 0.15) is 11.8 Å². The molecule has 198 valence electrons. The summed E-state index contributed by atoms with van der Waals surface area (Å²) in [6.45, 7) is 6.27. The second-order valence-corrected chi connectivity index (χ2v) is 9.83. The summed E-state index contributed by atoms with van der Waals surface area (Å²) in [6, 6.07) is 26.5. The summed E-state index contributed by atoms with van der Waals surface area (Å²) in [6.07, 6.45) is 1.45. The van der Waals surface area contributed by atoms with Crippen molar-refractivity contribution in [2.75, 3.05) is 26.2 Å². The zero-order valence-corrected chi connectivity index (χ0v) is 22.2. The van der Waals surface area contributed by atoms with Gasteiger partial charge in [-0.25, -0.2) is 0 Å². The van der Waals surface area contributed by atoms with E-state index in [9.17, 15) is 4.79 Å². The van der Waals surface area contributed by atoms with Crippen molar-refractivity contribution in [1.29, 1.82) is 10.7 Å². The third-order valence-electron chi connectivity index (χ3n) is 6.78. The van der Waals surface area contributed by atoms with Crippen LogP contribution in [0.15, 0.2) is 78.9 Å². The Hall–Kier alpha value is -4.22. The largest absolute Gasteiger partial charge is 0.507 e. The zero-order valence-electron chi connectivity index (χ0n) is 21.5. The van der Waals surface area contributed by atoms with Crippen LogP contribution in [0.2, 0.25) is 5.02 Å². The molecule has 1 heterocycles. The van der Waals surface area contributed by atoms with E-state index in [4.69, 9.17) is 33.1 Å². The first-order chi connectivity index (χ1) is 18.9. The third kappa shape index (κ3) is 7.21. The molecule has 0 atom stereocenters. The van der Waals surface area contributed by atoms with Gasteiger partial charge < -0.3 is 16.2 Å². The van der Waals surface area contributed by atoms with Crippen molar-refractivity contribution < 1.29 is 9.90 Å². The number of piperazine rings is 1. The van der Waals surface area contributed by atoms with Crippen LogP contribution >= 0.6 is 11.6 Å². The van der Waals surface area contributed by atoms with Crippen molar-refractivity contribution in [2.45, 2.75) is 13.1 Å². The van der Waals surface area contributed by atoms with Crippen molar-refractivity contribution in [2.24, 2.45) is 5.73 Å². The van der Waals surface area contributed by atoms with Crippen LogP contribution in [-0.4, -0.2) is 53.2 Å². The molecule has 4 aromatic rings. The quantitative estimate of drug-likeness (QED) is 0.292. The minimum absolute atomic E-state index is 0.0475. The number of benzene rings is 4. The molecule has 4 N–H and O–H groups in total. The first kappa shape index (κ1) is 27.8. The summed E-state index contributed by atoms with van der Waals surface area (Å²) in [4.78, 5) is 15.7. The first-order valence-corrected chi connectivity index (χ1v) is 13.0. The molecule has 0 radical (unpaired) electrons. The standard InChI is InChI=1S/C23H24ClN3.C8H6N2O2/c24-21-9-7-18(8-10-21)16-26-11-13-27(14-12-26)17-20-4-2-5-22-19(15-25)3-1-6-23(20)22;9-4-6-3-5(8(10)12)1-2-7(6)11/h1-10,15,25H,11-14,16-17H2;1-3,11H,(H2,10,12). The van der Waals surface area contributed by atoms with Gasteiger partial charge in [0.05, 0.1) is 5.56 Å². The number of phenols is 1. The molecule has 8 heteroatoms. The van der Waals surface area contributed by atoms with Gasteiger partial charge in [-0.15, -0.1) is 0 Å². The number of hydrogen-bond donors (Lipinski definition) is 3. The molecule has 1 aliphatic heterocycles. The lowest BCUT2D eigenvalue weighted by Gasteiger charge is -2.35. The number of nitrogens with one attached hydrogen (secondary N) is 1. The van der Waals surface area contributed by atoms with E-state index in [2.05, 4.69) is 52.3 Å². The molecule has 7 nitrogen and oxygen atoms in total. The molecule has 0 unspecified atom stereocenters. The zero-order chi connectivity index (χ0) is 27.8. The molecule has 0 aliphatic carbocycles. The normalized spacial score (nSPS) is 13.7. The topological polar surface area (TPSA) is 117 Å². The fraction of sp³-hybridized carbons (Fsp3) is 0.194. The Morgan fingerprint density at radius 3 is 2.23 bits per heavy atom. The lowest BCUT2D eigenvalue weighted by molar-refractivity contribution is 0.1000. The van der Waals surface area contributed by atoms with Gasteiger partial charge in [0.2, 0.25) is 5.91 Å². The van der Waals surface area contributed by atoms with Gasteiger partial charge in [-0.1, -0.05) is 60.1 Å². The Labute approximate surface area is 233 Å². The lowest BCUT2D eigenvalue weighted by atomic mass is 10.00. The second-order valence-electron chi connectivity index (χ2n) is 9.39. The fourth-order valence-electron chi connectivity index (χ4n) is 4.64. The average Bonchev–Trinajstić information content (AvgIpc) is 2.95. The van der Waals surface area contributed by atoms with Gasteiger partial charge in [0.15, 0.2) is 0 Å². The van der Waals surface area contributed by atoms with Crippen molar-refractivity contribution in [3.05, 3.63) is 112 Å². The van der Waals surface area contributed by atoms with Crippen molar-refractivity contribution in [3.8, 4) is 11.8 Å². The van der Waals surface area contributed by atoms with E-state index in [0.717, 1.165) is 49.9 Å². The van der Waals surface area contributed by atoms with Crippen molar-refractivity contribution in [1.82, 2.24) is 9.80 Å². The van der Waals surface area contributed by atoms with Gasteiger partial charge in [0, 0.05) is 56.1 Å². The molecule has 0 saturated carbocycles. The highest BCUT2D eigenvalue weighted by Crippen LogP contribution is 2.23. The van der Waals surface area contributed by atoms with E-state index in [1.54, 1.807) is 6.07 Å². The van der Waals surface area contributed by atoms with Gasteiger partial charge in [-0.2, -0.15) is 5.26 Å². The van der Waals surface area contributed by atoms with Gasteiger partial charge in [-0.3, -0.25) is 14.6 Å². The number of nitrogens with zero attached hydrogens (tertiary/aromatic N) is 3. The number of aromatic hydroxyl groups is 1. The number of halogens is 1. The summed E-state index contributed by atoms with van der Waals surface area (Å²) in [5, 5.41) is 28.4. The van der Waals surface area contributed by atoms with E-state index in [-0.39, 0.29) is 16.9 Å². The number of phenolic OH excluding ortho intramolecular Hbond substituents is 1. The Balaban J connectivity index is 0.000000247. The molecule has 5 rings (SSSR count). The van der Waals surface area contributed by atoms with Crippen LogP contribution in [-0.2, 0) is 13.1 Å². The highest BCUT2D eigenvalue weighted by molar-refractivity contribution is 6.30. The summed E-state index contributed by atoms with van der Waals surface area (Å²) in [7, 11) is 0. The number of hydrogen-bond acceptors (Lipinski definition) is 6. The van der Waals surface area contributed by atoms with Gasteiger partial charge >= 0.3 is 0 Å². The summed E-state index contributed by atoms with van der Waals surface area (Å²) >= 11 is 5.98. The number of rotatable bonds is 6. The number of primary amides is 1. The summed E-state index contributed by atoms with van der Waals surface area (Å²) in [5.41, 5.74) is 8.88. The molecular formula is C31H30ClN5O2. The number of amides is 1. The summed E-state index contributed by atoms with van der Waals surface area (Å²) < 4.78 is 0. The Kier molecular flexibility index (Phi) is 9.29. The van der Waals surface area contributed by atoms with Crippen LogP contribution in [0.25, 0.3) is 10.8 Å². The monoisotopic (exact) mass is 539 g/mol. The number of fused-ring (bicyclic) bond motifs is 1. The first-order valence-electron chi connectivity index (χ1n) is 12.6. The Morgan fingerprint density at radius 1 is 0.949 bits per heavy atom. The minimum Gasteiger partial charge on any atom is -0.507 e. The van der Waals surface area contributed by atoms with E-state index < -0.39 is 5.91 Å². The van der Waals surface area contributed by atoms with E-state index in [1.807, 2.05) is 18.2 Å².